The average Bonchev–Trinajstić information content (AvgIpc) is 3.27. The summed E-state index contributed by atoms with van der Waals surface area (Å²) in [5.74, 6) is 0.795. The zero-order valence-electron chi connectivity index (χ0n) is 19.2. The fourth-order valence-electron chi connectivity index (χ4n) is 4.54. The first kappa shape index (κ1) is 22.8. The number of nitriles is 1. The van der Waals surface area contributed by atoms with E-state index in [1.54, 1.807) is 6.07 Å². The summed E-state index contributed by atoms with van der Waals surface area (Å²) in [4.78, 5) is 17.3. The number of nitrogens with zero attached hydrogens (tertiary/aromatic N) is 4. The summed E-state index contributed by atoms with van der Waals surface area (Å²) in [6.07, 6.45) is 7.71. The summed E-state index contributed by atoms with van der Waals surface area (Å²) in [5, 5.41) is 13.0. The van der Waals surface area contributed by atoms with E-state index in [2.05, 4.69) is 17.0 Å². The van der Waals surface area contributed by atoms with Gasteiger partial charge in [0.15, 0.2) is 0 Å². The van der Waals surface area contributed by atoms with Crippen LogP contribution in [0.1, 0.15) is 48.8 Å². The van der Waals surface area contributed by atoms with Crippen molar-refractivity contribution in [3.8, 4) is 6.07 Å². The van der Waals surface area contributed by atoms with E-state index >= 15 is 0 Å². The third-order valence-electron chi connectivity index (χ3n) is 6.49. The SMILES string of the molecule is CC[C@@H]1CCCN(C(=O)C2=CCN(CCc3cc(C)no3)C(c3ccc(C#N)c(F)c3)=C2)C1. The molecule has 4 rings (SSSR count). The highest BCUT2D eigenvalue weighted by Crippen LogP contribution is 2.29. The summed E-state index contributed by atoms with van der Waals surface area (Å²) in [5.41, 5.74) is 2.88. The smallest absolute Gasteiger partial charge is 0.253 e. The van der Waals surface area contributed by atoms with Crippen LogP contribution in [0.3, 0.4) is 0 Å². The minimum Gasteiger partial charge on any atom is -0.367 e. The molecule has 0 saturated carbocycles. The molecular weight excluding hydrogens is 419 g/mol. The Morgan fingerprint density at radius 3 is 2.91 bits per heavy atom. The number of carbonyl (C=O) groups is 1. The van der Waals surface area contributed by atoms with Gasteiger partial charge in [-0.1, -0.05) is 30.6 Å². The Bertz CT molecular complexity index is 1130. The molecule has 2 aliphatic heterocycles. The van der Waals surface area contributed by atoms with Gasteiger partial charge in [-0.15, -0.1) is 0 Å². The molecule has 2 aromatic rings. The van der Waals surface area contributed by atoms with E-state index in [1.165, 1.54) is 18.6 Å². The van der Waals surface area contributed by atoms with Crippen LogP contribution in [-0.4, -0.2) is 47.0 Å². The van der Waals surface area contributed by atoms with Gasteiger partial charge in [0.25, 0.3) is 5.91 Å². The Labute approximate surface area is 194 Å². The monoisotopic (exact) mass is 448 g/mol. The lowest BCUT2D eigenvalue weighted by molar-refractivity contribution is -0.128. The number of rotatable bonds is 6. The normalized spacial score (nSPS) is 18.5. The van der Waals surface area contributed by atoms with Gasteiger partial charge in [0, 0.05) is 55.5 Å². The Morgan fingerprint density at radius 1 is 1.36 bits per heavy atom. The van der Waals surface area contributed by atoms with Crippen LogP contribution < -0.4 is 0 Å². The number of aromatic nitrogens is 1. The Morgan fingerprint density at radius 2 is 2.21 bits per heavy atom. The van der Waals surface area contributed by atoms with E-state index in [0.717, 1.165) is 43.1 Å². The van der Waals surface area contributed by atoms with Crippen molar-refractivity contribution in [1.29, 1.82) is 5.26 Å². The summed E-state index contributed by atoms with van der Waals surface area (Å²) in [6.45, 7) is 6.77. The van der Waals surface area contributed by atoms with Gasteiger partial charge < -0.3 is 14.3 Å². The van der Waals surface area contributed by atoms with Crippen LogP contribution in [0, 0.1) is 30.0 Å². The second-order valence-corrected chi connectivity index (χ2v) is 8.79. The summed E-state index contributed by atoms with van der Waals surface area (Å²) < 4.78 is 19.8. The number of hydrogen-bond donors (Lipinski definition) is 0. The van der Waals surface area contributed by atoms with Crippen molar-refractivity contribution in [2.75, 3.05) is 26.2 Å². The van der Waals surface area contributed by atoms with E-state index < -0.39 is 5.82 Å². The number of benzene rings is 1. The number of aryl methyl sites for hydroxylation is 1. The van der Waals surface area contributed by atoms with Gasteiger partial charge in [0.05, 0.1) is 11.3 Å². The van der Waals surface area contributed by atoms with E-state index in [0.29, 0.717) is 36.6 Å². The van der Waals surface area contributed by atoms with Crippen LogP contribution in [0.15, 0.2) is 46.5 Å². The predicted molar refractivity (Wildman–Crippen MR) is 123 cm³/mol. The van der Waals surface area contributed by atoms with E-state index in [-0.39, 0.29) is 11.5 Å². The Kier molecular flexibility index (Phi) is 6.93. The third-order valence-corrected chi connectivity index (χ3v) is 6.49. The maximum Gasteiger partial charge on any atom is 0.253 e. The molecule has 6 nitrogen and oxygen atoms in total. The molecule has 1 aromatic carbocycles. The molecular formula is C26H29FN4O2. The second kappa shape index (κ2) is 10.0. The molecule has 1 atom stereocenters. The number of halogens is 1. The standard InChI is InChI=1S/C26H29FN4O2/c1-3-19-5-4-10-31(17-19)26(32)21-8-11-30(12-9-23-13-18(2)29-33-23)25(15-21)20-6-7-22(16-28)24(27)14-20/h6-8,13-15,19H,3-5,9-12,17H2,1-2H3/t19-/m1/s1. The van der Waals surface area contributed by atoms with Gasteiger partial charge >= 0.3 is 0 Å². The highest BCUT2D eigenvalue weighted by molar-refractivity contribution is 5.98. The molecule has 1 aromatic heterocycles. The molecule has 3 heterocycles. The van der Waals surface area contributed by atoms with Crippen molar-refractivity contribution < 1.29 is 13.7 Å². The van der Waals surface area contributed by atoms with Crippen LogP contribution in [0.2, 0.25) is 0 Å². The lowest BCUT2D eigenvalue weighted by Crippen LogP contribution is -2.41. The van der Waals surface area contributed by atoms with Gasteiger partial charge in [-0.05, 0) is 43.9 Å². The van der Waals surface area contributed by atoms with Crippen molar-refractivity contribution >= 4 is 11.6 Å². The molecule has 0 spiro atoms. The predicted octanol–water partition coefficient (Wildman–Crippen LogP) is 4.47. The van der Waals surface area contributed by atoms with E-state index in [1.807, 2.05) is 36.1 Å². The molecule has 172 valence electrons. The molecule has 0 unspecified atom stereocenters. The molecule has 7 heteroatoms. The number of amides is 1. The summed E-state index contributed by atoms with van der Waals surface area (Å²) >= 11 is 0. The Hall–Kier alpha value is -3.40. The molecule has 0 bridgehead atoms. The fraction of sp³-hybridized carbons (Fsp3) is 0.423. The first-order valence-electron chi connectivity index (χ1n) is 11.6. The quantitative estimate of drug-likeness (QED) is 0.652. The van der Waals surface area contributed by atoms with Crippen molar-refractivity contribution in [1.82, 2.24) is 15.0 Å². The second-order valence-electron chi connectivity index (χ2n) is 8.79. The molecule has 0 aliphatic carbocycles. The minimum atomic E-state index is -0.564. The van der Waals surface area contributed by atoms with Crippen molar-refractivity contribution in [2.45, 2.75) is 39.5 Å². The van der Waals surface area contributed by atoms with Crippen molar-refractivity contribution in [3.05, 3.63) is 70.4 Å². The molecule has 2 aliphatic rings. The van der Waals surface area contributed by atoms with Gasteiger partial charge in [0.1, 0.15) is 17.6 Å². The highest BCUT2D eigenvalue weighted by Gasteiger charge is 2.27. The molecule has 1 amide bonds. The Balaban J connectivity index is 1.59. The molecule has 33 heavy (non-hydrogen) atoms. The van der Waals surface area contributed by atoms with Crippen LogP contribution in [0.25, 0.3) is 5.70 Å². The summed E-state index contributed by atoms with van der Waals surface area (Å²) in [7, 11) is 0. The number of hydrogen-bond acceptors (Lipinski definition) is 5. The maximum absolute atomic E-state index is 14.4. The number of likely N-dealkylation sites (tertiary alicyclic amines) is 1. The van der Waals surface area contributed by atoms with E-state index in [9.17, 15) is 9.18 Å². The number of piperidine rings is 1. The maximum atomic E-state index is 14.4. The highest BCUT2D eigenvalue weighted by atomic mass is 19.1. The van der Waals surface area contributed by atoms with Gasteiger partial charge in [-0.25, -0.2) is 4.39 Å². The topological polar surface area (TPSA) is 73.4 Å². The van der Waals surface area contributed by atoms with E-state index in [4.69, 9.17) is 9.78 Å². The number of carbonyl (C=O) groups excluding carboxylic acids is 1. The van der Waals surface area contributed by atoms with Gasteiger partial charge in [0.2, 0.25) is 0 Å². The van der Waals surface area contributed by atoms with Crippen LogP contribution >= 0.6 is 0 Å². The third kappa shape index (κ3) is 5.16. The van der Waals surface area contributed by atoms with Gasteiger partial charge in [-0.2, -0.15) is 5.26 Å². The molecule has 1 fully saturated rings. The van der Waals surface area contributed by atoms with Crippen LogP contribution in [0.4, 0.5) is 4.39 Å². The molecule has 0 N–H and O–H groups in total. The first-order valence-corrected chi connectivity index (χ1v) is 11.6. The van der Waals surface area contributed by atoms with Crippen LogP contribution in [0.5, 0.6) is 0 Å². The average molecular weight is 449 g/mol. The first-order chi connectivity index (χ1) is 16.0. The molecule has 0 radical (unpaired) electrons. The molecule has 1 saturated heterocycles. The van der Waals surface area contributed by atoms with Crippen molar-refractivity contribution in [3.63, 3.8) is 0 Å². The zero-order valence-corrected chi connectivity index (χ0v) is 19.2. The minimum absolute atomic E-state index is 0.00427. The van der Waals surface area contributed by atoms with Gasteiger partial charge in [-0.3, -0.25) is 4.79 Å². The lowest BCUT2D eigenvalue weighted by atomic mass is 9.94. The largest absolute Gasteiger partial charge is 0.367 e. The van der Waals surface area contributed by atoms with Crippen molar-refractivity contribution in [2.24, 2.45) is 5.92 Å². The zero-order chi connectivity index (χ0) is 23.4. The van der Waals surface area contributed by atoms with Crippen LogP contribution in [-0.2, 0) is 11.2 Å². The summed E-state index contributed by atoms with van der Waals surface area (Å²) in [6, 6.07) is 8.36. The fourth-order valence-corrected chi connectivity index (χ4v) is 4.54. The lowest BCUT2D eigenvalue weighted by Gasteiger charge is -2.34.